The van der Waals surface area contributed by atoms with Gasteiger partial charge in [-0.15, -0.1) is 11.3 Å². The lowest BCUT2D eigenvalue weighted by Crippen LogP contribution is -2.13. The lowest BCUT2D eigenvalue weighted by molar-refractivity contribution is 0.650. The van der Waals surface area contributed by atoms with Crippen molar-refractivity contribution in [2.24, 2.45) is 7.05 Å². The molecule has 74 valence electrons. The van der Waals surface area contributed by atoms with E-state index in [9.17, 15) is 0 Å². The zero-order chi connectivity index (χ0) is 9.80. The number of hydrogen-bond donors (Lipinski definition) is 1. The third-order valence-corrected chi connectivity index (χ3v) is 2.50. The van der Waals surface area contributed by atoms with E-state index in [0.29, 0.717) is 0 Å². The molecule has 1 N–H and O–H groups in total. The summed E-state index contributed by atoms with van der Waals surface area (Å²) in [5.74, 6) is 0. The van der Waals surface area contributed by atoms with E-state index in [1.165, 1.54) is 0 Å². The molecule has 0 saturated carbocycles. The minimum atomic E-state index is 0.790. The maximum absolute atomic E-state index is 4.27. The maximum Gasteiger partial charge on any atom is 0.0795 e. The molecule has 2 heterocycles. The zero-order valence-corrected chi connectivity index (χ0v) is 8.79. The smallest absolute Gasteiger partial charge is 0.0795 e. The van der Waals surface area contributed by atoms with Gasteiger partial charge in [0.25, 0.3) is 0 Å². The van der Waals surface area contributed by atoms with Gasteiger partial charge in [0.05, 0.1) is 16.9 Å². The summed E-state index contributed by atoms with van der Waals surface area (Å²) >= 11 is 1.62. The van der Waals surface area contributed by atoms with E-state index < -0.39 is 0 Å². The first-order chi connectivity index (χ1) is 6.84. The van der Waals surface area contributed by atoms with E-state index in [1.54, 1.807) is 16.0 Å². The van der Waals surface area contributed by atoms with Crippen LogP contribution in [0.1, 0.15) is 11.4 Å². The molecule has 4 nitrogen and oxygen atoms in total. The molecule has 2 rings (SSSR count). The highest BCUT2D eigenvalue weighted by Crippen LogP contribution is 2.00. The van der Waals surface area contributed by atoms with Gasteiger partial charge in [-0.25, -0.2) is 4.98 Å². The van der Waals surface area contributed by atoms with Crippen LogP contribution in [0.2, 0.25) is 0 Å². The van der Waals surface area contributed by atoms with E-state index in [1.807, 2.05) is 30.2 Å². The van der Waals surface area contributed by atoms with Crippen molar-refractivity contribution in [2.45, 2.75) is 13.1 Å². The van der Waals surface area contributed by atoms with Crippen LogP contribution in [0.25, 0.3) is 0 Å². The molecule has 0 bridgehead atoms. The highest BCUT2D eigenvalue weighted by molar-refractivity contribution is 7.07. The Bertz CT molecular complexity index is 379. The molecule has 2 aromatic rings. The number of aryl methyl sites for hydroxylation is 1. The van der Waals surface area contributed by atoms with Gasteiger partial charge in [-0.3, -0.25) is 4.68 Å². The molecule has 0 unspecified atom stereocenters. The Labute approximate surface area is 86.6 Å². The molecule has 5 heteroatoms. The Kier molecular flexibility index (Phi) is 2.90. The molecular formula is C9H12N4S. The molecule has 0 aliphatic carbocycles. The van der Waals surface area contributed by atoms with Crippen LogP contribution in [-0.2, 0) is 20.1 Å². The third kappa shape index (κ3) is 2.40. The van der Waals surface area contributed by atoms with E-state index >= 15 is 0 Å². The average molecular weight is 208 g/mol. The van der Waals surface area contributed by atoms with Crippen LogP contribution < -0.4 is 5.32 Å². The fraction of sp³-hybridized carbons (Fsp3) is 0.333. The van der Waals surface area contributed by atoms with Crippen molar-refractivity contribution in [3.8, 4) is 0 Å². The number of aromatic nitrogens is 3. The normalized spacial score (nSPS) is 10.6. The SMILES string of the molecule is Cn1ccc(CNCc2cscn2)n1. The number of hydrogen-bond acceptors (Lipinski definition) is 4. The zero-order valence-electron chi connectivity index (χ0n) is 7.97. The third-order valence-electron chi connectivity index (χ3n) is 1.86. The first-order valence-corrected chi connectivity index (χ1v) is 5.35. The highest BCUT2D eigenvalue weighted by Gasteiger charge is 1.97. The van der Waals surface area contributed by atoms with Gasteiger partial charge in [0, 0.05) is 31.7 Å². The summed E-state index contributed by atoms with van der Waals surface area (Å²) in [5, 5.41) is 9.60. The average Bonchev–Trinajstić information content (AvgIpc) is 2.77. The second-order valence-corrected chi connectivity index (χ2v) is 3.78. The predicted octanol–water partition coefficient (Wildman–Crippen LogP) is 1.17. The van der Waals surface area contributed by atoms with Gasteiger partial charge in [0.1, 0.15) is 0 Å². The van der Waals surface area contributed by atoms with Gasteiger partial charge < -0.3 is 5.32 Å². The Morgan fingerprint density at radius 2 is 2.29 bits per heavy atom. The lowest BCUT2D eigenvalue weighted by atomic mass is 10.4. The van der Waals surface area contributed by atoms with Crippen molar-refractivity contribution in [1.29, 1.82) is 0 Å². The van der Waals surface area contributed by atoms with Crippen LogP contribution in [0.5, 0.6) is 0 Å². The van der Waals surface area contributed by atoms with E-state index in [0.717, 1.165) is 24.5 Å². The van der Waals surface area contributed by atoms with Crippen LogP contribution in [0.15, 0.2) is 23.2 Å². The Morgan fingerprint density at radius 3 is 2.93 bits per heavy atom. The van der Waals surface area contributed by atoms with Gasteiger partial charge in [0.15, 0.2) is 0 Å². The van der Waals surface area contributed by atoms with Crippen LogP contribution in [0.3, 0.4) is 0 Å². The summed E-state index contributed by atoms with van der Waals surface area (Å²) in [6.07, 6.45) is 1.94. The molecule has 0 amide bonds. The molecule has 0 saturated heterocycles. The Balaban J connectivity index is 1.78. The monoisotopic (exact) mass is 208 g/mol. The molecular weight excluding hydrogens is 196 g/mol. The quantitative estimate of drug-likeness (QED) is 0.820. The minimum absolute atomic E-state index is 0.790. The van der Waals surface area contributed by atoms with Crippen molar-refractivity contribution >= 4 is 11.3 Å². The standard InChI is InChI=1S/C9H12N4S/c1-13-3-2-8(12-13)4-10-5-9-6-14-7-11-9/h2-3,6-7,10H,4-5H2,1H3. The summed E-state index contributed by atoms with van der Waals surface area (Å²) in [6, 6.07) is 2.01. The second-order valence-electron chi connectivity index (χ2n) is 3.06. The number of nitrogens with one attached hydrogen (secondary N) is 1. The first kappa shape index (κ1) is 9.36. The summed E-state index contributed by atoms with van der Waals surface area (Å²) < 4.78 is 1.81. The predicted molar refractivity (Wildman–Crippen MR) is 55.9 cm³/mol. The summed E-state index contributed by atoms with van der Waals surface area (Å²) in [6.45, 7) is 1.60. The van der Waals surface area contributed by atoms with Gasteiger partial charge in [0.2, 0.25) is 0 Å². The topological polar surface area (TPSA) is 42.7 Å². The van der Waals surface area contributed by atoms with E-state index in [4.69, 9.17) is 0 Å². The van der Waals surface area contributed by atoms with Gasteiger partial charge in [-0.1, -0.05) is 0 Å². The molecule has 0 aromatic carbocycles. The number of thiazole rings is 1. The highest BCUT2D eigenvalue weighted by atomic mass is 32.1. The largest absolute Gasteiger partial charge is 0.305 e. The number of rotatable bonds is 4. The van der Waals surface area contributed by atoms with Crippen LogP contribution in [-0.4, -0.2) is 14.8 Å². The molecule has 0 radical (unpaired) electrons. The van der Waals surface area contributed by atoms with Crippen molar-refractivity contribution in [3.63, 3.8) is 0 Å². The van der Waals surface area contributed by atoms with Crippen LogP contribution in [0, 0.1) is 0 Å². The summed E-state index contributed by atoms with van der Waals surface area (Å²) in [7, 11) is 1.92. The van der Waals surface area contributed by atoms with Crippen LogP contribution in [0.4, 0.5) is 0 Å². The fourth-order valence-electron chi connectivity index (χ4n) is 1.20. The lowest BCUT2D eigenvalue weighted by Gasteiger charge is -1.98. The Morgan fingerprint density at radius 1 is 1.43 bits per heavy atom. The van der Waals surface area contributed by atoms with Gasteiger partial charge in [-0.2, -0.15) is 5.10 Å². The van der Waals surface area contributed by atoms with Crippen molar-refractivity contribution in [2.75, 3.05) is 0 Å². The molecule has 0 aliphatic rings. The molecule has 2 aromatic heterocycles. The van der Waals surface area contributed by atoms with Gasteiger partial charge >= 0.3 is 0 Å². The number of nitrogens with zero attached hydrogens (tertiary/aromatic N) is 3. The minimum Gasteiger partial charge on any atom is -0.305 e. The van der Waals surface area contributed by atoms with E-state index in [2.05, 4.69) is 15.4 Å². The Hall–Kier alpha value is -1.20. The molecule has 14 heavy (non-hydrogen) atoms. The molecule has 0 spiro atoms. The summed E-state index contributed by atoms with van der Waals surface area (Å²) in [4.78, 5) is 4.18. The van der Waals surface area contributed by atoms with Crippen molar-refractivity contribution < 1.29 is 0 Å². The second kappa shape index (κ2) is 4.34. The molecule has 0 atom stereocenters. The van der Waals surface area contributed by atoms with Crippen molar-refractivity contribution in [3.05, 3.63) is 34.5 Å². The van der Waals surface area contributed by atoms with Crippen molar-refractivity contribution in [1.82, 2.24) is 20.1 Å². The first-order valence-electron chi connectivity index (χ1n) is 4.41. The summed E-state index contributed by atoms with van der Waals surface area (Å²) in [5.41, 5.74) is 3.99. The molecule has 0 aliphatic heterocycles. The fourth-order valence-corrected chi connectivity index (χ4v) is 1.76. The van der Waals surface area contributed by atoms with Crippen LogP contribution >= 0.6 is 11.3 Å². The maximum atomic E-state index is 4.27. The van der Waals surface area contributed by atoms with E-state index in [-0.39, 0.29) is 0 Å². The van der Waals surface area contributed by atoms with Gasteiger partial charge in [-0.05, 0) is 6.07 Å². The molecule has 0 fully saturated rings.